The largest absolute Gasteiger partial charge is 0.497 e. The van der Waals surface area contributed by atoms with Crippen LogP contribution in [0.2, 0.25) is 0 Å². The number of hydrogen-bond acceptors (Lipinski definition) is 7. The van der Waals surface area contributed by atoms with Crippen molar-refractivity contribution >= 4 is 40.6 Å². The lowest BCUT2D eigenvalue weighted by atomic mass is 10.1. The molecule has 0 saturated heterocycles. The summed E-state index contributed by atoms with van der Waals surface area (Å²) in [5, 5.41) is 6.06. The van der Waals surface area contributed by atoms with Gasteiger partial charge in [-0.25, -0.2) is 9.59 Å². The monoisotopic (exact) mass is 404 g/mol. The van der Waals surface area contributed by atoms with Crippen molar-refractivity contribution in [2.75, 3.05) is 39.1 Å². The molecule has 2 rings (SSSR count). The van der Waals surface area contributed by atoms with Crippen molar-refractivity contribution in [3.8, 4) is 11.5 Å². The number of thiocarbonyl (C=S) groups is 1. The maximum Gasteiger partial charge on any atom is 0.339 e. The van der Waals surface area contributed by atoms with Gasteiger partial charge in [0.15, 0.2) is 5.11 Å². The fourth-order valence-corrected chi connectivity index (χ4v) is 2.57. The van der Waals surface area contributed by atoms with Gasteiger partial charge < -0.3 is 29.6 Å². The number of benzene rings is 2. The Kier molecular flexibility index (Phi) is 7.16. The smallest absolute Gasteiger partial charge is 0.339 e. The first-order valence-electron chi connectivity index (χ1n) is 8.03. The van der Waals surface area contributed by atoms with Gasteiger partial charge in [-0.05, 0) is 30.4 Å². The first kappa shape index (κ1) is 21.0. The number of carbonyl (C=O) groups is 2. The topological polar surface area (TPSA) is 95.1 Å². The van der Waals surface area contributed by atoms with Gasteiger partial charge in [0.1, 0.15) is 11.5 Å². The zero-order valence-corrected chi connectivity index (χ0v) is 16.6. The molecule has 2 aromatic carbocycles. The van der Waals surface area contributed by atoms with Crippen molar-refractivity contribution in [2.24, 2.45) is 0 Å². The second-order valence-electron chi connectivity index (χ2n) is 5.42. The molecule has 0 heterocycles. The molecule has 0 aliphatic heterocycles. The Morgan fingerprint density at radius 1 is 0.821 bits per heavy atom. The summed E-state index contributed by atoms with van der Waals surface area (Å²) in [5.74, 6) is 0.0285. The van der Waals surface area contributed by atoms with E-state index in [1.165, 1.54) is 46.6 Å². The van der Waals surface area contributed by atoms with E-state index < -0.39 is 11.9 Å². The summed E-state index contributed by atoms with van der Waals surface area (Å²) in [4.78, 5) is 23.8. The lowest BCUT2D eigenvalue weighted by molar-refractivity contribution is 0.0587. The summed E-state index contributed by atoms with van der Waals surface area (Å²) < 4.78 is 19.9. The molecule has 148 valence electrons. The van der Waals surface area contributed by atoms with Crippen LogP contribution in [-0.2, 0) is 9.47 Å². The molecule has 0 aromatic heterocycles. The second kappa shape index (κ2) is 9.56. The third kappa shape index (κ3) is 5.10. The number of nitrogens with one attached hydrogen (secondary N) is 2. The van der Waals surface area contributed by atoms with Crippen molar-refractivity contribution in [3.63, 3.8) is 0 Å². The average molecular weight is 404 g/mol. The Morgan fingerprint density at radius 2 is 1.43 bits per heavy atom. The molecule has 0 saturated carbocycles. The van der Waals surface area contributed by atoms with Gasteiger partial charge in [-0.15, -0.1) is 0 Å². The molecular weight excluding hydrogens is 384 g/mol. The summed E-state index contributed by atoms with van der Waals surface area (Å²) in [7, 11) is 5.61. The minimum absolute atomic E-state index is 0.183. The predicted molar refractivity (Wildman–Crippen MR) is 109 cm³/mol. The van der Waals surface area contributed by atoms with Crippen LogP contribution in [0.4, 0.5) is 11.4 Å². The van der Waals surface area contributed by atoms with Crippen LogP contribution in [0.25, 0.3) is 0 Å². The number of anilines is 2. The van der Waals surface area contributed by atoms with E-state index in [0.29, 0.717) is 22.9 Å². The second-order valence-corrected chi connectivity index (χ2v) is 5.83. The summed E-state index contributed by atoms with van der Waals surface area (Å²) in [6.07, 6.45) is 0. The number of carbonyl (C=O) groups excluding carboxylic acids is 2. The maximum atomic E-state index is 12.0. The summed E-state index contributed by atoms with van der Waals surface area (Å²) in [5.41, 5.74) is 1.37. The van der Waals surface area contributed by atoms with Crippen LogP contribution >= 0.6 is 12.2 Å². The standard InChI is InChI=1S/C19H20N2O6S/c1-24-13-8-12(9-14(10-13)25-2)20-19(28)21-16-7-11(17(22)26-3)5-6-15(16)18(23)27-4/h5-10H,1-4H3,(H2,20,21,28). The molecular formula is C19H20N2O6S. The van der Waals surface area contributed by atoms with Crippen LogP contribution in [0, 0.1) is 0 Å². The maximum absolute atomic E-state index is 12.0. The molecule has 9 heteroatoms. The van der Waals surface area contributed by atoms with E-state index in [4.69, 9.17) is 31.2 Å². The Balaban J connectivity index is 2.29. The van der Waals surface area contributed by atoms with Gasteiger partial charge >= 0.3 is 11.9 Å². The molecule has 0 spiro atoms. The number of ether oxygens (including phenoxy) is 4. The first-order chi connectivity index (χ1) is 13.4. The zero-order chi connectivity index (χ0) is 20.7. The Hall–Kier alpha value is -3.33. The Morgan fingerprint density at radius 3 is 1.96 bits per heavy atom. The Labute approximate surface area is 167 Å². The van der Waals surface area contributed by atoms with Crippen LogP contribution in [0.5, 0.6) is 11.5 Å². The molecule has 28 heavy (non-hydrogen) atoms. The van der Waals surface area contributed by atoms with E-state index >= 15 is 0 Å². The third-order valence-corrected chi connectivity index (χ3v) is 3.91. The summed E-state index contributed by atoms with van der Waals surface area (Å²) in [6, 6.07) is 9.55. The molecule has 2 aromatic rings. The molecule has 2 N–H and O–H groups in total. The number of esters is 2. The van der Waals surface area contributed by atoms with Gasteiger partial charge in [0.05, 0.1) is 45.3 Å². The van der Waals surface area contributed by atoms with Gasteiger partial charge in [-0.3, -0.25) is 0 Å². The molecule has 0 amide bonds. The minimum Gasteiger partial charge on any atom is -0.497 e. The van der Waals surface area contributed by atoms with Crippen LogP contribution < -0.4 is 20.1 Å². The lowest BCUT2D eigenvalue weighted by Gasteiger charge is -2.15. The molecule has 0 unspecified atom stereocenters. The molecule has 0 aliphatic rings. The minimum atomic E-state index is -0.579. The van der Waals surface area contributed by atoms with Crippen molar-refractivity contribution < 1.29 is 28.5 Å². The highest BCUT2D eigenvalue weighted by molar-refractivity contribution is 7.80. The van der Waals surface area contributed by atoms with Crippen molar-refractivity contribution in [2.45, 2.75) is 0 Å². The SMILES string of the molecule is COC(=O)c1ccc(C(=O)OC)c(NC(=S)Nc2cc(OC)cc(OC)c2)c1. The van der Waals surface area contributed by atoms with E-state index in [2.05, 4.69) is 10.6 Å². The van der Waals surface area contributed by atoms with Crippen LogP contribution in [0.3, 0.4) is 0 Å². The van der Waals surface area contributed by atoms with Gasteiger partial charge in [0.2, 0.25) is 0 Å². The fourth-order valence-electron chi connectivity index (χ4n) is 2.34. The number of methoxy groups -OCH3 is 4. The van der Waals surface area contributed by atoms with E-state index in [1.54, 1.807) is 18.2 Å². The van der Waals surface area contributed by atoms with Crippen molar-refractivity contribution in [1.82, 2.24) is 0 Å². The number of hydrogen-bond donors (Lipinski definition) is 2. The molecule has 0 bridgehead atoms. The van der Waals surface area contributed by atoms with E-state index in [0.717, 1.165) is 0 Å². The van der Waals surface area contributed by atoms with Gasteiger partial charge in [-0.1, -0.05) is 0 Å². The fraction of sp³-hybridized carbons (Fsp3) is 0.211. The third-order valence-electron chi connectivity index (χ3n) is 3.70. The molecule has 0 atom stereocenters. The number of rotatable bonds is 6. The molecule has 0 radical (unpaired) electrons. The van der Waals surface area contributed by atoms with E-state index in [9.17, 15) is 9.59 Å². The molecule has 0 fully saturated rings. The van der Waals surface area contributed by atoms with Gasteiger partial charge in [-0.2, -0.15) is 0 Å². The molecule has 0 aliphatic carbocycles. The summed E-state index contributed by atoms with van der Waals surface area (Å²) in [6.45, 7) is 0. The Bertz CT molecular complexity index is 878. The normalized spacial score (nSPS) is 9.86. The lowest BCUT2D eigenvalue weighted by Crippen LogP contribution is -2.21. The molecule has 8 nitrogen and oxygen atoms in total. The first-order valence-corrected chi connectivity index (χ1v) is 8.44. The highest BCUT2D eigenvalue weighted by Gasteiger charge is 2.16. The van der Waals surface area contributed by atoms with Crippen molar-refractivity contribution in [3.05, 3.63) is 47.5 Å². The van der Waals surface area contributed by atoms with Crippen LogP contribution in [0.1, 0.15) is 20.7 Å². The van der Waals surface area contributed by atoms with Crippen molar-refractivity contribution in [1.29, 1.82) is 0 Å². The van der Waals surface area contributed by atoms with E-state index in [-0.39, 0.29) is 16.2 Å². The van der Waals surface area contributed by atoms with Crippen LogP contribution in [0.15, 0.2) is 36.4 Å². The van der Waals surface area contributed by atoms with Gasteiger partial charge in [0.25, 0.3) is 0 Å². The highest BCUT2D eigenvalue weighted by Crippen LogP contribution is 2.26. The quantitative estimate of drug-likeness (QED) is 0.556. The summed E-state index contributed by atoms with van der Waals surface area (Å²) >= 11 is 5.32. The predicted octanol–water partition coefficient (Wildman–Crippen LogP) is 3.09. The average Bonchev–Trinajstić information content (AvgIpc) is 2.71. The highest BCUT2D eigenvalue weighted by atomic mass is 32.1. The van der Waals surface area contributed by atoms with E-state index in [1.807, 2.05) is 0 Å². The zero-order valence-electron chi connectivity index (χ0n) is 15.8. The van der Waals surface area contributed by atoms with Crippen LogP contribution in [-0.4, -0.2) is 45.5 Å². The van der Waals surface area contributed by atoms with Gasteiger partial charge in [0, 0.05) is 23.9 Å².